The number of β-amino-alcohol motifs (C(OH)–C–C–N with tert-alkyl or cyclic N) is 1. The number of likely N-dealkylation sites (tertiary alicyclic amines) is 4. The van der Waals surface area contributed by atoms with Crippen molar-refractivity contribution in [2.75, 3.05) is 65.4 Å². The van der Waals surface area contributed by atoms with Gasteiger partial charge in [0.15, 0.2) is 11.6 Å². The molecule has 6 N–H and O–H groups in total. The Hall–Kier alpha value is -11.4. The number of amides is 2. The maximum Gasteiger partial charge on any atom is 0.410 e. The minimum Gasteiger partial charge on any atom is -0.449 e. The second-order valence-electron chi connectivity index (χ2n) is 30.2. The topological polar surface area (TPSA) is 208 Å². The third kappa shape index (κ3) is 27.3. The standard InChI is InChI=1S/C23H24N2O2.C16H17NO.C16H15NO.C15H18N2.C12H13N.C11H11NO3.C8H7ClO2.2ClH/c1-17(21-13-7-11-19-10-5-6-12-22(19)21)24-20-14-25(15-20)23(26)27-16-18-8-3-2-4-9-18;2*18-15-11-17(12-15)16(13-7-3-1-4-8-13)14-9-5-2-6-10-14;1-11(17-13-9-16-10-13)14-8-4-6-12-5-2-3-7-15(12)14;1-9(13)11-8-4-6-10-5-2-3-7-12(10)11;13-10-6-12(7-10)11(14)15-8-9-4-2-1-3-5-9;9-8(10)11-6-7-4-2-1-3-5-7;;/h2-13,17,20,24H,14-16H2,1H3;1-10,15-16,18H,11-12H2;1-10,16H,11-12H2;2-8,11,13,16-17H,9-10H2,1H3;2-9H,13H2,1H3;1-5H,6-8H2;1-5H,6H2;2*1H/t17-;;;11-;9-;;;;/m1..11..../s1. The molecular formula is C101H107Cl3N8O9. The molecule has 2 amide bonds. The van der Waals surface area contributed by atoms with Gasteiger partial charge in [0.2, 0.25) is 0 Å². The highest BCUT2D eigenvalue weighted by molar-refractivity contribution is 6.61. The van der Waals surface area contributed by atoms with Gasteiger partial charge in [-0.3, -0.25) is 24.3 Å². The Morgan fingerprint density at radius 3 is 1.03 bits per heavy atom. The Balaban J connectivity index is 0.000000150. The second-order valence-corrected chi connectivity index (χ2v) is 30.5. The Morgan fingerprint density at radius 2 is 0.694 bits per heavy atom. The average Bonchev–Trinajstić information content (AvgIpc) is 0.798. The summed E-state index contributed by atoms with van der Waals surface area (Å²) in [6.07, 6.45) is -0.826. The van der Waals surface area contributed by atoms with E-state index in [1.807, 2.05) is 159 Å². The number of hydrogen-bond donors (Lipinski definition) is 5. The van der Waals surface area contributed by atoms with Crippen LogP contribution in [-0.2, 0) is 43.6 Å². The molecule has 17 nitrogen and oxygen atoms in total. The lowest BCUT2D eigenvalue weighted by Crippen LogP contribution is -2.60. The summed E-state index contributed by atoms with van der Waals surface area (Å²) < 4.78 is 15.0. The minimum absolute atomic E-state index is 0. The second kappa shape index (κ2) is 47.5. The molecule has 13 aromatic carbocycles. The number of rotatable bonds is 19. The number of aliphatic hydroxyl groups is 1. The molecule has 121 heavy (non-hydrogen) atoms. The fraction of sp³-hybridized carbons (Fsp3) is 0.238. The van der Waals surface area contributed by atoms with Crippen LogP contribution in [0.3, 0.4) is 0 Å². The number of nitrogens with zero attached hydrogens (tertiary/aromatic N) is 4. The van der Waals surface area contributed by atoms with Crippen LogP contribution in [0.15, 0.2) is 340 Å². The first kappa shape index (κ1) is 91.9. The van der Waals surface area contributed by atoms with Gasteiger partial charge in [-0.2, -0.15) is 0 Å². The molecule has 0 aromatic heterocycles. The summed E-state index contributed by atoms with van der Waals surface area (Å²) in [5.74, 6) is 0.401. The monoisotopic (exact) mass is 1680 g/mol. The number of carbonyl (C=O) groups excluding carboxylic acids is 5. The first-order valence-corrected chi connectivity index (χ1v) is 41.0. The van der Waals surface area contributed by atoms with Crippen LogP contribution in [0.25, 0.3) is 32.3 Å². The van der Waals surface area contributed by atoms with Crippen molar-refractivity contribution in [3.63, 3.8) is 0 Å². The number of Topliss-reactive ketones (excluding diaryl/α,β-unsaturated/α-hetero) is 2. The molecular weight excluding hydrogens is 1580 g/mol. The Bertz CT molecular complexity index is 5220. The normalized spacial score (nSPS) is 14.8. The molecule has 0 aliphatic carbocycles. The van der Waals surface area contributed by atoms with E-state index in [1.165, 1.54) is 76.2 Å². The predicted molar refractivity (Wildman–Crippen MR) is 490 cm³/mol. The average molecular weight is 1680 g/mol. The first-order chi connectivity index (χ1) is 58.1. The number of hydrogen-bond acceptors (Lipinski definition) is 15. The van der Waals surface area contributed by atoms with Crippen molar-refractivity contribution in [3.05, 3.63) is 395 Å². The lowest BCUT2D eigenvalue weighted by atomic mass is 9.94. The molecule has 0 spiro atoms. The number of ether oxygens (including phenoxy) is 3. The number of carbonyl (C=O) groups is 5. The SMILES string of the molecule is C[C@@H](N)c1cccc2ccccc12.C[C@@H](NC1CN(C(=O)OCc2ccccc2)C1)c1cccc2ccccc12.C[C@@H](NC1CNC1)c1cccc2ccccc12.Cl.Cl.O=C(Cl)OCc1ccccc1.O=C1CN(C(=O)OCc2ccccc2)C1.O=C1CN(C(c2ccccc2)c2ccccc2)C1.OC1CN(C(c2ccccc2)c2ccccc2)C1. The Morgan fingerprint density at radius 1 is 0.388 bits per heavy atom. The van der Waals surface area contributed by atoms with Gasteiger partial charge < -0.3 is 45.9 Å². The first-order valence-electron chi connectivity index (χ1n) is 40.7. The van der Waals surface area contributed by atoms with E-state index in [1.54, 1.807) is 4.90 Å². The molecule has 626 valence electrons. The van der Waals surface area contributed by atoms with Crippen molar-refractivity contribution in [1.29, 1.82) is 0 Å². The van der Waals surface area contributed by atoms with Gasteiger partial charge in [0.1, 0.15) is 19.8 Å². The largest absolute Gasteiger partial charge is 0.449 e. The van der Waals surface area contributed by atoms with E-state index in [0.717, 1.165) is 42.9 Å². The molecule has 0 radical (unpaired) electrons. The van der Waals surface area contributed by atoms with Gasteiger partial charge in [0.25, 0.3) is 0 Å². The predicted octanol–water partition coefficient (Wildman–Crippen LogP) is 19.6. The van der Waals surface area contributed by atoms with Gasteiger partial charge in [0.05, 0.1) is 44.4 Å². The van der Waals surface area contributed by atoms with Gasteiger partial charge in [0, 0.05) is 81.1 Å². The number of ketones is 2. The summed E-state index contributed by atoms with van der Waals surface area (Å²) in [6.45, 7) is 13.8. The molecule has 5 aliphatic rings. The maximum absolute atomic E-state index is 12.2. The van der Waals surface area contributed by atoms with Crippen molar-refractivity contribution in [2.24, 2.45) is 5.73 Å². The highest BCUT2D eigenvalue weighted by atomic mass is 35.5. The number of nitrogens with one attached hydrogen (secondary N) is 3. The molecule has 0 unspecified atom stereocenters. The number of halogens is 3. The maximum atomic E-state index is 12.2. The highest BCUT2D eigenvalue weighted by Gasteiger charge is 2.36. The molecule has 0 saturated carbocycles. The van der Waals surface area contributed by atoms with E-state index in [9.17, 15) is 29.1 Å². The summed E-state index contributed by atoms with van der Waals surface area (Å²) in [5, 5.41) is 27.9. The van der Waals surface area contributed by atoms with Gasteiger partial charge in [-0.1, -0.05) is 340 Å². The van der Waals surface area contributed by atoms with Crippen molar-refractivity contribution >= 4 is 97.9 Å². The summed E-state index contributed by atoms with van der Waals surface area (Å²) in [6, 6.07) is 117. The van der Waals surface area contributed by atoms with E-state index in [4.69, 9.17) is 26.8 Å². The van der Waals surface area contributed by atoms with Crippen LogP contribution in [0.1, 0.15) is 107 Å². The van der Waals surface area contributed by atoms with Gasteiger partial charge in [-0.05, 0) is 109 Å². The van der Waals surface area contributed by atoms with Crippen LogP contribution in [0.5, 0.6) is 0 Å². The fourth-order valence-electron chi connectivity index (χ4n) is 14.8. The highest BCUT2D eigenvalue weighted by Crippen LogP contribution is 2.34. The van der Waals surface area contributed by atoms with Gasteiger partial charge in [-0.25, -0.2) is 14.4 Å². The smallest absolute Gasteiger partial charge is 0.410 e. The molecule has 20 heteroatoms. The summed E-state index contributed by atoms with van der Waals surface area (Å²) in [5.41, 5.74) is 17.0. The Kier molecular flexibility index (Phi) is 36.1. The van der Waals surface area contributed by atoms with Crippen molar-refractivity contribution in [1.82, 2.24) is 35.6 Å². The molecule has 5 heterocycles. The Labute approximate surface area is 727 Å². The van der Waals surface area contributed by atoms with Crippen molar-refractivity contribution < 1.29 is 43.3 Å². The lowest BCUT2D eigenvalue weighted by molar-refractivity contribution is -0.130. The zero-order valence-electron chi connectivity index (χ0n) is 68.4. The van der Waals surface area contributed by atoms with Crippen LogP contribution < -0.4 is 21.7 Å². The van der Waals surface area contributed by atoms with Gasteiger partial charge >= 0.3 is 17.6 Å². The minimum atomic E-state index is -0.770. The van der Waals surface area contributed by atoms with Crippen molar-refractivity contribution in [3.8, 4) is 0 Å². The van der Waals surface area contributed by atoms with Crippen LogP contribution in [0.4, 0.5) is 14.4 Å². The van der Waals surface area contributed by atoms with E-state index in [2.05, 4.69) is 232 Å². The summed E-state index contributed by atoms with van der Waals surface area (Å²) in [4.78, 5) is 63.1. The van der Waals surface area contributed by atoms with E-state index >= 15 is 0 Å². The van der Waals surface area contributed by atoms with E-state index < -0.39 is 11.5 Å². The molecule has 13 aromatic rings. The summed E-state index contributed by atoms with van der Waals surface area (Å²) in [7, 11) is 0. The van der Waals surface area contributed by atoms with Crippen LogP contribution >= 0.6 is 36.4 Å². The number of nitrogens with two attached hydrogens (primary N) is 1. The molecule has 5 fully saturated rings. The quantitative estimate of drug-likeness (QED) is 0.0377. The molecule has 0 bridgehead atoms. The summed E-state index contributed by atoms with van der Waals surface area (Å²) >= 11 is 4.97. The van der Waals surface area contributed by atoms with Crippen LogP contribution in [0, 0.1) is 0 Å². The fourth-order valence-corrected chi connectivity index (χ4v) is 14.9. The van der Waals surface area contributed by atoms with Gasteiger partial charge in [-0.15, -0.1) is 24.8 Å². The molecule has 5 aliphatic heterocycles. The van der Waals surface area contributed by atoms with E-state index in [0.29, 0.717) is 56.7 Å². The van der Waals surface area contributed by atoms with E-state index in [-0.39, 0.29) is 93.3 Å². The molecule has 5 saturated heterocycles. The number of fused-ring (bicyclic) bond motifs is 3. The molecule has 3 atom stereocenters. The zero-order valence-corrected chi connectivity index (χ0v) is 70.8. The van der Waals surface area contributed by atoms with Crippen LogP contribution in [-0.4, -0.2) is 138 Å². The zero-order chi connectivity index (χ0) is 83.1. The number of benzene rings is 13. The number of aliphatic hydroxyl groups excluding tert-OH is 1. The third-order valence-electron chi connectivity index (χ3n) is 21.2. The van der Waals surface area contributed by atoms with Crippen LogP contribution in [0.2, 0.25) is 0 Å². The third-order valence-corrected chi connectivity index (χ3v) is 21.3. The molecule has 18 rings (SSSR count). The van der Waals surface area contributed by atoms with Crippen molar-refractivity contribution in [2.45, 2.75) is 89.0 Å². The lowest BCUT2D eigenvalue weighted by Gasteiger charge is -2.42.